The number of halogens is 4. The Hall–Kier alpha value is -1.21. The van der Waals surface area contributed by atoms with Gasteiger partial charge in [-0.05, 0) is 36.1 Å². The van der Waals surface area contributed by atoms with E-state index in [1.54, 1.807) is 18.2 Å². The van der Waals surface area contributed by atoms with E-state index in [1.807, 2.05) is 0 Å². The molecule has 3 nitrogen and oxygen atoms in total. The second-order valence-corrected chi connectivity index (χ2v) is 6.02. The van der Waals surface area contributed by atoms with Gasteiger partial charge in [0.1, 0.15) is 5.76 Å². The van der Waals surface area contributed by atoms with E-state index in [0.29, 0.717) is 24.0 Å². The molecule has 0 radical (unpaired) electrons. The van der Waals surface area contributed by atoms with Crippen molar-refractivity contribution in [1.29, 1.82) is 0 Å². The Balaban J connectivity index is 2.39. The summed E-state index contributed by atoms with van der Waals surface area (Å²) >= 11 is 5.66. The van der Waals surface area contributed by atoms with Crippen LogP contribution in [-0.4, -0.2) is 13.9 Å². The molecule has 0 bridgehead atoms. The van der Waals surface area contributed by atoms with Crippen molar-refractivity contribution >= 4 is 27.5 Å². The molecule has 1 aliphatic carbocycles. The molecule has 0 N–H and O–H groups in total. The molecule has 8 heteroatoms. The quantitative estimate of drug-likeness (QED) is 0.484. The van der Waals surface area contributed by atoms with Gasteiger partial charge in [-0.2, -0.15) is 21.6 Å². The third-order valence-electron chi connectivity index (χ3n) is 2.82. The Morgan fingerprint density at radius 2 is 2.00 bits per heavy atom. The summed E-state index contributed by atoms with van der Waals surface area (Å²) in [6, 6.07) is 5.00. The van der Waals surface area contributed by atoms with Crippen molar-refractivity contribution in [3.63, 3.8) is 0 Å². The van der Waals surface area contributed by atoms with Crippen molar-refractivity contribution in [3.05, 3.63) is 41.0 Å². The van der Waals surface area contributed by atoms with Gasteiger partial charge in [0.15, 0.2) is 0 Å². The first-order valence-corrected chi connectivity index (χ1v) is 7.58. The van der Waals surface area contributed by atoms with Gasteiger partial charge in [-0.15, -0.1) is 11.6 Å². The zero-order chi connectivity index (χ0) is 15.0. The van der Waals surface area contributed by atoms with Crippen LogP contribution < -0.4 is 0 Å². The van der Waals surface area contributed by atoms with Gasteiger partial charge in [-0.1, -0.05) is 12.1 Å². The molecule has 0 heterocycles. The highest BCUT2D eigenvalue weighted by Gasteiger charge is 2.49. The molecular weight excluding hydrogens is 317 g/mol. The molecule has 0 aromatic heterocycles. The summed E-state index contributed by atoms with van der Waals surface area (Å²) in [7, 11) is -5.66. The smallest absolute Gasteiger partial charge is 0.376 e. The van der Waals surface area contributed by atoms with E-state index < -0.39 is 15.6 Å². The molecule has 0 atom stereocenters. The molecule has 0 spiro atoms. The molecule has 0 fully saturated rings. The van der Waals surface area contributed by atoms with Crippen LogP contribution in [0.2, 0.25) is 0 Å². The van der Waals surface area contributed by atoms with Gasteiger partial charge in [0.25, 0.3) is 0 Å². The van der Waals surface area contributed by atoms with E-state index in [2.05, 4.69) is 4.18 Å². The number of benzene rings is 1. The predicted octanol–water partition coefficient (Wildman–Crippen LogP) is 3.58. The monoisotopic (exact) mass is 326 g/mol. The molecule has 0 aliphatic heterocycles. The van der Waals surface area contributed by atoms with Crippen LogP contribution in [0.15, 0.2) is 24.3 Å². The van der Waals surface area contributed by atoms with Crippen LogP contribution >= 0.6 is 11.6 Å². The second-order valence-electron chi connectivity index (χ2n) is 4.22. The van der Waals surface area contributed by atoms with Gasteiger partial charge in [-0.3, -0.25) is 0 Å². The highest BCUT2D eigenvalue weighted by Crippen LogP contribution is 2.34. The molecule has 1 aliphatic rings. The first-order chi connectivity index (χ1) is 9.24. The molecular formula is C12H10ClF3O3S. The number of allylic oxidation sites excluding steroid dienone is 1. The number of hydrogen-bond acceptors (Lipinski definition) is 3. The van der Waals surface area contributed by atoms with Crippen LogP contribution in [0.5, 0.6) is 0 Å². The highest BCUT2D eigenvalue weighted by molar-refractivity contribution is 7.87. The van der Waals surface area contributed by atoms with E-state index in [9.17, 15) is 21.6 Å². The van der Waals surface area contributed by atoms with Crippen LogP contribution in [0.1, 0.15) is 23.1 Å². The average molecular weight is 327 g/mol. The van der Waals surface area contributed by atoms with Crippen LogP contribution in [0.3, 0.4) is 0 Å². The lowest BCUT2D eigenvalue weighted by Gasteiger charge is -2.19. The molecule has 20 heavy (non-hydrogen) atoms. The van der Waals surface area contributed by atoms with Crippen LogP contribution in [0, 0.1) is 0 Å². The molecule has 1 aromatic rings. The molecule has 0 unspecified atom stereocenters. The van der Waals surface area contributed by atoms with E-state index in [-0.39, 0.29) is 11.6 Å². The standard InChI is InChI=1S/C12H10ClF3O3S/c13-7-8-4-5-9-2-1-3-11(10(9)6-8)19-20(17,18)12(14,15)16/h3-6H,1-2,7H2. The lowest BCUT2D eigenvalue weighted by Crippen LogP contribution is -2.25. The Labute approximate surface area is 119 Å². The zero-order valence-electron chi connectivity index (χ0n) is 10.1. The van der Waals surface area contributed by atoms with Gasteiger partial charge < -0.3 is 4.18 Å². The highest BCUT2D eigenvalue weighted by atomic mass is 35.5. The van der Waals surface area contributed by atoms with Crippen molar-refractivity contribution < 1.29 is 25.8 Å². The van der Waals surface area contributed by atoms with E-state index in [1.165, 1.54) is 6.08 Å². The minimum Gasteiger partial charge on any atom is -0.376 e. The van der Waals surface area contributed by atoms with Gasteiger partial charge in [-0.25, -0.2) is 0 Å². The largest absolute Gasteiger partial charge is 0.534 e. The van der Waals surface area contributed by atoms with E-state index >= 15 is 0 Å². The maximum absolute atomic E-state index is 12.3. The SMILES string of the molecule is O=S(=O)(OC1=CCCc2ccc(CCl)cc21)C(F)(F)F. The number of alkyl halides is 4. The minimum atomic E-state index is -5.66. The Kier molecular flexibility index (Phi) is 4.02. The summed E-state index contributed by atoms with van der Waals surface area (Å²) in [6.45, 7) is 0. The number of aryl methyl sites for hydroxylation is 1. The number of fused-ring (bicyclic) bond motifs is 1. The van der Waals surface area contributed by atoms with Crippen molar-refractivity contribution in [1.82, 2.24) is 0 Å². The molecule has 0 saturated carbocycles. The van der Waals surface area contributed by atoms with Crippen LogP contribution in [0.25, 0.3) is 5.76 Å². The zero-order valence-corrected chi connectivity index (χ0v) is 11.6. The third-order valence-corrected chi connectivity index (χ3v) is 4.09. The predicted molar refractivity (Wildman–Crippen MR) is 68.4 cm³/mol. The topological polar surface area (TPSA) is 43.4 Å². The summed E-state index contributed by atoms with van der Waals surface area (Å²) < 4.78 is 63.4. The molecule has 0 amide bonds. The van der Waals surface area contributed by atoms with Crippen LogP contribution in [0.4, 0.5) is 13.2 Å². The number of hydrogen-bond donors (Lipinski definition) is 0. The molecule has 2 rings (SSSR count). The third kappa shape index (κ3) is 2.93. The fourth-order valence-electron chi connectivity index (χ4n) is 1.87. The minimum absolute atomic E-state index is 0.173. The van der Waals surface area contributed by atoms with E-state index in [4.69, 9.17) is 11.6 Å². The maximum Gasteiger partial charge on any atom is 0.534 e. The second kappa shape index (κ2) is 5.29. The first-order valence-electron chi connectivity index (χ1n) is 5.63. The summed E-state index contributed by atoms with van der Waals surface area (Å²) in [4.78, 5) is 0. The first kappa shape index (κ1) is 15.2. The average Bonchev–Trinajstić information content (AvgIpc) is 2.37. The van der Waals surface area contributed by atoms with Gasteiger partial charge in [0.2, 0.25) is 0 Å². The van der Waals surface area contributed by atoms with Gasteiger partial charge >= 0.3 is 15.6 Å². The Morgan fingerprint density at radius 3 is 2.60 bits per heavy atom. The fourth-order valence-corrected chi connectivity index (χ4v) is 2.52. The Morgan fingerprint density at radius 1 is 1.30 bits per heavy atom. The number of rotatable bonds is 3. The van der Waals surface area contributed by atoms with Crippen molar-refractivity contribution in [2.45, 2.75) is 24.2 Å². The summed E-state index contributed by atoms with van der Waals surface area (Å²) in [5.41, 5.74) is -3.71. The molecule has 1 aromatic carbocycles. The summed E-state index contributed by atoms with van der Waals surface area (Å²) in [5.74, 6) is -0.123. The van der Waals surface area contributed by atoms with Crippen molar-refractivity contribution in [2.24, 2.45) is 0 Å². The van der Waals surface area contributed by atoms with Crippen molar-refractivity contribution in [2.75, 3.05) is 0 Å². The Bertz CT molecular complexity index is 650. The maximum atomic E-state index is 12.3. The van der Waals surface area contributed by atoms with Crippen LogP contribution in [-0.2, 0) is 26.6 Å². The molecule has 110 valence electrons. The molecule has 0 saturated heterocycles. The lowest BCUT2D eigenvalue weighted by molar-refractivity contribution is -0.0509. The van der Waals surface area contributed by atoms with Gasteiger partial charge in [0.05, 0.1) is 0 Å². The lowest BCUT2D eigenvalue weighted by atomic mass is 9.94. The summed E-state index contributed by atoms with van der Waals surface area (Å²) in [6.07, 6.45) is 2.36. The normalized spacial score (nSPS) is 15.5. The van der Waals surface area contributed by atoms with Gasteiger partial charge in [0, 0.05) is 11.4 Å². The van der Waals surface area contributed by atoms with Crippen molar-refractivity contribution in [3.8, 4) is 0 Å². The fraction of sp³-hybridized carbons (Fsp3) is 0.333. The summed E-state index contributed by atoms with van der Waals surface area (Å²) in [5, 5.41) is 0. The van der Waals surface area contributed by atoms with E-state index in [0.717, 1.165) is 5.56 Å².